The molecule has 2 N–H and O–H groups in total. The molecule has 10 heteroatoms. The Morgan fingerprint density at radius 2 is 2.08 bits per heavy atom. The van der Waals surface area contributed by atoms with Gasteiger partial charge in [0.2, 0.25) is 11.1 Å². The van der Waals surface area contributed by atoms with Crippen molar-refractivity contribution in [3.8, 4) is 11.4 Å². The summed E-state index contributed by atoms with van der Waals surface area (Å²) in [6, 6.07) is -0.134. The predicted molar refractivity (Wildman–Crippen MR) is 97.1 cm³/mol. The highest BCUT2D eigenvalue weighted by atomic mass is 35.5. The van der Waals surface area contributed by atoms with Crippen LogP contribution in [-0.4, -0.2) is 38.1 Å². The monoisotopic (exact) mass is 395 g/mol. The third kappa shape index (κ3) is 5.31. The summed E-state index contributed by atoms with van der Waals surface area (Å²) in [6.07, 6.45) is 3.33. The number of aryl methyl sites for hydroxylation is 1. The van der Waals surface area contributed by atoms with E-state index in [1.807, 2.05) is 13.8 Å². The minimum Gasteiger partial charge on any atom is -0.460 e. The summed E-state index contributed by atoms with van der Waals surface area (Å²) in [7, 11) is 0. The third-order valence-electron chi connectivity index (χ3n) is 2.90. The van der Waals surface area contributed by atoms with Crippen LogP contribution >= 0.6 is 36.4 Å². The fraction of sp³-hybridized carbons (Fsp3) is 0.429. The highest BCUT2D eigenvalue weighted by Gasteiger charge is 2.20. The van der Waals surface area contributed by atoms with Gasteiger partial charge in [-0.1, -0.05) is 0 Å². The first-order valence-corrected chi connectivity index (χ1v) is 7.29. The van der Waals surface area contributed by atoms with E-state index in [1.165, 1.54) is 0 Å². The smallest absolute Gasteiger partial charge is 0.374 e. The van der Waals surface area contributed by atoms with E-state index >= 15 is 0 Å². The second-order valence-corrected chi connectivity index (χ2v) is 5.31. The van der Waals surface area contributed by atoms with Crippen molar-refractivity contribution < 1.29 is 9.53 Å². The van der Waals surface area contributed by atoms with Crippen LogP contribution in [0.1, 0.15) is 30.0 Å². The lowest BCUT2D eigenvalue weighted by Gasteiger charge is -2.09. The molecule has 0 aromatic carbocycles. The largest absolute Gasteiger partial charge is 0.460 e. The first kappa shape index (κ1) is 22.6. The summed E-state index contributed by atoms with van der Waals surface area (Å²) < 4.78 is 6.71. The van der Waals surface area contributed by atoms with Gasteiger partial charge in [0.25, 0.3) is 0 Å². The first-order chi connectivity index (χ1) is 10.4. The Labute approximate surface area is 157 Å². The van der Waals surface area contributed by atoms with Crippen LogP contribution in [0.15, 0.2) is 12.4 Å². The van der Waals surface area contributed by atoms with Crippen LogP contribution < -0.4 is 5.73 Å². The number of carbonyl (C=O) groups is 1. The molecule has 0 spiro atoms. The van der Waals surface area contributed by atoms with Crippen molar-refractivity contribution in [1.29, 1.82) is 0 Å². The van der Waals surface area contributed by atoms with E-state index in [9.17, 15) is 4.79 Å². The van der Waals surface area contributed by atoms with Crippen molar-refractivity contribution in [2.75, 3.05) is 6.61 Å². The van der Waals surface area contributed by atoms with Gasteiger partial charge in [0.05, 0.1) is 12.3 Å². The van der Waals surface area contributed by atoms with Gasteiger partial charge in [-0.3, -0.25) is 0 Å². The number of esters is 1. The summed E-state index contributed by atoms with van der Waals surface area (Å²) >= 11 is 5.84. The maximum absolute atomic E-state index is 12.0. The zero-order valence-electron chi connectivity index (χ0n) is 13.5. The molecule has 0 unspecified atom stereocenters. The molecule has 134 valence electrons. The Kier molecular flexibility index (Phi) is 9.21. The quantitative estimate of drug-likeness (QED) is 0.616. The lowest BCUT2D eigenvalue weighted by molar-refractivity contribution is 0.0506. The molecule has 0 aliphatic carbocycles. The second-order valence-electron chi connectivity index (χ2n) is 4.97. The molecule has 24 heavy (non-hydrogen) atoms. The second kappa shape index (κ2) is 9.78. The number of hydrogen-bond acceptors (Lipinski definition) is 6. The van der Waals surface area contributed by atoms with Gasteiger partial charge in [-0.2, -0.15) is 0 Å². The Morgan fingerprint density at radius 3 is 2.67 bits per heavy atom. The van der Waals surface area contributed by atoms with Gasteiger partial charge in [-0.25, -0.2) is 19.7 Å². The van der Waals surface area contributed by atoms with Gasteiger partial charge in [-0.05, 0) is 37.9 Å². The molecule has 7 nitrogen and oxygen atoms in total. The van der Waals surface area contributed by atoms with Gasteiger partial charge < -0.3 is 15.0 Å². The number of nitrogens with two attached hydrogens (primary N) is 1. The molecule has 0 bridgehead atoms. The Morgan fingerprint density at radius 1 is 1.42 bits per heavy atom. The van der Waals surface area contributed by atoms with Crippen molar-refractivity contribution in [3.63, 3.8) is 0 Å². The molecular formula is C14H20Cl3N5O2. The molecule has 0 amide bonds. The van der Waals surface area contributed by atoms with E-state index in [0.717, 1.165) is 5.56 Å². The maximum atomic E-state index is 12.0. The van der Waals surface area contributed by atoms with Crippen molar-refractivity contribution in [2.24, 2.45) is 5.73 Å². The number of hydrogen-bond donors (Lipinski definition) is 1. The summed E-state index contributed by atoms with van der Waals surface area (Å²) in [5, 5.41) is 0.125. The third-order valence-corrected chi connectivity index (χ3v) is 3.09. The average molecular weight is 397 g/mol. The summed E-state index contributed by atoms with van der Waals surface area (Å²) in [5.41, 5.74) is 7.74. The van der Waals surface area contributed by atoms with Crippen molar-refractivity contribution in [1.82, 2.24) is 19.5 Å². The molecule has 0 saturated carbocycles. The standard InChI is InChI=1S/C14H18ClN5O2.2ClH/c1-4-22-13(21)12-18-10(7-20(12)6-9(3)16)11-8(2)5-17-14(15)19-11;;/h5,7,9H,4,6,16H2,1-3H3;2*1H/t9-;;/m0../s1. The van der Waals surface area contributed by atoms with Gasteiger partial charge in [0.1, 0.15) is 5.69 Å². The molecule has 0 saturated heterocycles. The van der Waals surface area contributed by atoms with Gasteiger partial charge in [0, 0.05) is 25.0 Å². The van der Waals surface area contributed by atoms with Crippen LogP contribution in [-0.2, 0) is 11.3 Å². The minimum absolute atomic E-state index is 0. The zero-order valence-corrected chi connectivity index (χ0v) is 15.9. The van der Waals surface area contributed by atoms with E-state index in [2.05, 4.69) is 15.0 Å². The minimum atomic E-state index is -0.493. The van der Waals surface area contributed by atoms with Crippen molar-refractivity contribution in [3.05, 3.63) is 29.1 Å². The zero-order chi connectivity index (χ0) is 16.3. The number of rotatable bonds is 5. The number of aromatic nitrogens is 4. The SMILES string of the molecule is CCOC(=O)c1nc(-c2nc(Cl)ncc2C)cn1C[C@H](C)N.Cl.Cl. The Bertz CT molecular complexity index is 691. The lowest BCUT2D eigenvalue weighted by atomic mass is 10.2. The molecule has 0 aliphatic rings. The fourth-order valence-corrected chi connectivity index (χ4v) is 2.15. The number of carbonyl (C=O) groups excluding carboxylic acids is 1. The normalized spacial score (nSPS) is 11.2. The highest BCUT2D eigenvalue weighted by Crippen LogP contribution is 2.22. The van der Waals surface area contributed by atoms with Gasteiger partial charge >= 0.3 is 5.97 Å². The number of imidazole rings is 1. The van der Waals surface area contributed by atoms with Crippen LogP contribution in [0.25, 0.3) is 11.4 Å². The summed E-state index contributed by atoms with van der Waals surface area (Å²) in [6.45, 7) is 6.16. The predicted octanol–water partition coefficient (Wildman–Crippen LogP) is 2.67. The Balaban J connectivity index is 0.00000264. The lowest BCUT2D eigenvalue weighted by Crippen LogP contribution is -2.24. The molecule has 2 heterocycles. The number of nitrogens with zero attached hydrogens (tertiary/aromatic N) is 4. The number of halogens is 3. The molecule has 2 aromatic heterocycles. The van der Waals surface area contributed by atoms with E-state index in [0.29, 0.717) is 17.9 Å². The van der Waals surface area contributed by atoms with Gasteiger partial charge in [0.15, 0.2) is 0 Å². The molecule has 1 atom stereocenters. The van der Waals surface area contributed by atoms with E-state index in [-0.39, 0.29) is 48.6 Å². The van der Waals surface area contributed by atoms with E-state index in [1.54, 1.807) is 23.9 Å². The highest BCUT2D eigenvalue weighted by molar-refractivity contribution is 6.28. The van der Waals surface area contributed by atoms with Gasteiger partial charge in [-0.15, -0.1) is 24.8 Å². The summed E-state index contributed by atoms with van der Waals surface area (Å²) in [5.74, 6) is -0.296. The van der Waals surface area contributed by atoms with Crippen LogP contribution in [0.2, 0.25) is 5.28 Å². The molecule has 0 radical (unpaired) electrons. The first-order valence-electron chi connectivity index (χ1n) is 6.91. The molecule has 2 rings (SSSR count). The topological polar surface area (TPSA) is 95.9 Å². The molecular weight excluding hydrogens is 377 g/mol. The van der Waals surface area contributed by atoms with Crippen LogP contribution in [0.3, 0.4) is 0 Å². The number of ether oxygens (including phenoxy) is 1. The molecule has 0 aliphatic heterocycles. The van der Waals surface area contributed by atoms with E-state index in [4.69, 9.17) is 22.1 Å². The van der Waals surface area contributed by atoms with Crippen LogP contribution in [0.4, 0.5) is 0 Å². The van der Waals surface area contributed by atoms with Crippen molar-refractivity contribution >= 4 is 42.4 Å². The van der Waals surface area contributed by atoms with E-state index < -0.39 is 5.97 Å². The van der Waals surface area contributed by atoms with Crippen molar-refractivity contribution in [2.45, 2.75) is 33.4 Å². The van der Waals surface area contributed by atoms with Crippen LogP contribution in [0.5, 0.6) is 0 Å². The molecule has 2 aromatic rings. The average Bonchev–Trinajstić information content (AvgIpc) is 2.84. The summed E-state index contributed by atoms with van der Waals surface area (Å²) in [4.78, 5) is 24.5. The van der Waals surface area contributed by atoms with Crippen LogP contribution in [0, 0.1) is 6.92 Å². The molecule has 0 fully saturated rings. The fourth-order valence-electron chi connectivity index (χ4n) is 2.02. The maximum Gasteiger partial charge on any atom is 0.374 e. The Hall–Kier alpha value is -1.41.